The van der Waals surface area contributed by atoms with E-state index in [1.54, 1.807) is 14.1 Å². The number of nitrogens with one attached hydrogen (secondary N) is 2. The highest BCUT2D eigenvalue weighted by molar-refractivity contribution is 5.83. The lowest BCUT2D eigenvalue weighted by Gasteiger charge is -2.03. The predicted molar refractivity (Wildman–Crippen MR) is 38.1 cm³/mol. The molecule has 0 rings (SSSR count). The summed E-state index contributed by atoms with van der Waals surface area (Å²) in [7, 11) is 3.23. The average molecular weight is 145 g/mol. The fourth-order valence-corrected chi connectivity index (χ4v) is 0.439. The molecule has 0 spiro atoms. The first-order valence-corrected chi connectivity index (χ1v) is 2.81. The lowest BCUT2D eigenvalue weighted by atomic mass is 10.6. The van der Waals surface area contributed by atoms with Crippen LogP contribution >= 0.6 is 0 Å². The number of carboxylic acid groups (broad SMARTS) is 1. The quantitative estimate of drug-likeness (QED) is 0.339. The maximum atomic E-state index is 9.99. The number of hydrogen-bond donors (Lipinski definition) is 3. The molecule has 5 nitrogen and oxygen atoms in total. The summed E-state index contributed by atoms with van der Waals surface area (Å²) in [6, 6.07) is 0. The Kier molecular flexibility index (Phi) is 4.02. The van der Waals surface area contributed by atoms with Crippen LogP contribution in [0.15, 0.2) is 4.99 Å². The summed E-state index contributed by atoms with van der Waals surface area (Å²) >= 11 is 0. The van der Waals surface area contributed by atoms with E-state index in [1.165, 1.54) is 0 Å². The van der Waals surface area contributed by atoms with Crippen molar-refractivity contribution >= 4 is 11.9 Å². The second-order valence-corrected chi connectivity index (χ2v) is 1.57. The fraction of sp³-hybridized carbons (Fsp3) is 0.600. The van der Waals surface area contributed by atoms with Crippen molar-refractivity contribution in [3.8, 4) is 0 Å². The van der Waals surface area contributed by atoms with E-state index in [0.29, 0.717) is 5.96 Å². The van der Waals surface area contributed by atoms with Gasteiger partial charge in [0.15, 0.2) is 5.96 Å². The Hall–Kier alpha value is -1.26. The van der Waals surface area contributed by atoms with Crippen molar-refractivity contribution < 1.29 is 9.90 Å². The van der Waals surface area contributed by atoms with Gasteiger partial charge in [0.1, 0.15) is 6.54 Å². The monoisotopic (exact) mass is 145 g/mol. The highest BCUT2D eigenvalue weighted by Gasteiger charge is 1.96. The molecule has 0 atom stereocenters. The van der Waals surface area contributed by atoms with Gasteiger partial charge in [0.05, 0.1) is 0 Å². The first-order chi connectivity index (χ1) is 4.70. The van der Waals surface area contributed by atoms with Gasteiger partial charge in [-0.2, -0.15) is 0 Å². The minimum atomic E-state index is -0.906. The van der Waals surface area contributed by atoms with E-state index in [4.69, 9.17) is 5.11 Å². The highest BCUT2D eigenvalue weighted by Crippen LogP contribution is 1.63. The Bertz CT molecular complexity index is 144. The summed E-state index contributed by atoms with van der Waals surface area (Å²) in [6.07, 6.45) is 0. The molecule has 0 saturated carbocycles. The van der Waals surface area contributed by atoms with E-state index < -0.39 is 5.97 Å². The van der Waals surface area contributed by atoms with Crippen LogP contribution in [-0.2, 0) is 4.79 Å². The zero-order chi connectivity index (χ0) is 7.98. The van der Waals surface area contributed by atoms with E-state index in [2.05, 4.69) is 15.6 Å². The third kappa shape index (κ3) is 3.71. The van der Waals surface area contributed by atoms with Gasteiger partial charge in [-0.25, -0.2) is 0 Å². The second-order valence-electron chi connectivity index (χ2n) is 1.57. The molecule has 10 heavy (non-hydrogen) atoms. The molecule has 0 aromatic rings. The molecule has 3 N–H and O–H groups in total. The zero-order valence-corrected chi connectivity index (χ0v) is 6.01. The molecule has 0 aliphatic carbocycles. The predicted octanol–water partition coefficient (Wildman–Crippen LogP) is -1.13. The Morgan fingerprint density at radius 1 is 1.70 bits per heavy atom. The number of carboxylic acids is 1. The van der Waals surface area contributed by atoms with Gasteiger partial charge in [0.2, 0.25) is 0 Å². The molecular weight excluding hydrogens is 134 g/mol. The molecule has 58 valence electrons. The number of rotatable bonds is 2. The number of aliphatic imine (C=N–C) groups is 1. The molecule has 0 aromatic heterocycles. The molecule has 0 fully saturated rings. The van der Waals surface area contributed by atoms with Crippen LogP contribution in [0.3, 0.4) is 0 Å². The van der Waals surface area contributed by atoms with Gasteiger partial charge in [-0.05, 0) is 0 Å². The van der Waals surface area contributed by atoms with Crippen molar-refractivity contribution in [2.45, 2.75) is 0 Å². The van der Waals surface area contributed by atoms with Crippen LogP contribution < -0.4 is 10.6 Å². The van der Waals surface area contributed by atoms with Crippen LogP contribution in [0.2, 0.25) is 0 Å². The van der Waals surface area contributed by atoms with Crippen molar-refractivity contribution in [3.63, 3.8) is 0 Å². The van der Waals surface area contributed by atoms with Crippen molar-refractivity contribution in [1.29, 1.82) is 0 Å². The number of carbonyl (C=O) groups is 1. The number of aliphatic carboxylic acids is 1. The van der Waals surface area contributed by atoms with E-state index in [9.17, 15) is 4.79 Å². The number of guanidine groups is 1. The number of nitrogens with zero attached hydrogens (tertiary/aromatic N) is 1. The van der Waals surface area contributed by atoms with Gasteiger partial charge in [0, 0.05) is 14.1 Å². The normalized spacial score (nSPS) is 10.8. The molecule has 0 saturated heterocycles. The van der Waals surface area contributed by atoms with Crippen LogP contribution in [0.5, 0.6) is 0 Å². The summed E-state index contributed by atoms with van der Waals surface area (Å²) in [4.78, 5) is 13.7. The summed E-state index contributed by atoms with van der Waals surface area (Å²) in [5.74, 6) is -0.432. The maximum absolute atomic E-state index is 9.99. The molecule has 0 aromatic carbocycles. The largest absolute Gasteiger partial charge is 0.480 e. The van der Waals surface area contributed by atoms with Crippen molar-refractivity contribution in [1.82, 2.24) is 10.6 Å². The molecule has 0 aliphatic rings. The summed E-state index contributed by atoms with van der Waals surface area (Å²) in [5.41, 5.74) is 0. The topological polar surface area (TPSA) is 73.7 Å². The molecule has 5 heteroatoms. The first kappa shape index (κ1) is 8.74. The second kappa shape index (κ2) is 4.60. The maximum Gasteiger partial charge on any atom is 0.322 e. The first-order valence-electron chi connectivity index (χ1n) is 2.81. The molecule has 0 heterocycles. The molecule has 0 amide bonds. The third-order valence-corrected chi connectivity index (χ3v) is 0.867. The molecule has 0 unspecified atom stereocenters. The average Bonchev–Trinajstić information content (AvgIpc) is 1.90. The van der Waals surface area contributed by atoms with Crippen molar-refractivity contribution in [2.75, 3.05) is 20.6 Å². The van der Waals surface area contributed by atoms with Gasteiger partial charge in [-0.1, -0.05) is 0 Å². The van der Waals surface area contributed by atoms with Crippen LogP contribution in [0.25, 0.3) is 0 Å². The zero-order valence-electron chi connectivity index (χ0n) is 6.01. The van der Waals surface area contributed by atoms with Crippen molar-refractivity contribution in [3.05, 3.63) is 0 Å². The minimum Gasteiger partial charge on any atom is -0.480 e. The van der Waals surface area contributed by atoms with E-state index in [1.807, 2.05) is 0 Å². The van der Waals surface area contributed by atoms with E-state index in [-0.39, 0.29) is 6.54 Å². The van der Waals surface area contributed by atoms with Gasteiger partial charge in [0.25, 0.3) is 0 Å². The van der Waals surface area contributed by atoms with Gasteiger partial charge < -0.3 is 15.7 Å². The van der Waals surface area contributed by atoms with Crippen LogP contribution in [0.1, 0.15) is 0 Å². The van der Waals surface area contributed by atoms with Gasteiger partial charge >= 0.3 is 5.97 Å². The molecule has 0 aliphatic heterocycles. The van der Waals surface area contributed by atoms with E-state index >= 15 is 0 Å². The SMILES string of the molecule is CN=C(NC)NCC(=O)O. The number of hydrogen-bond acceptors (Lipinski definition) is 2. The third-order valence-electron chi connectivity index (χ3n) is 0.867. The summed E-state index contributed by atoms with van der Waals surface area (Å²) in [6.45, 7) is -0.118. The molecular formula is C5H11N3O2. The van der Waals surface area contributed by atoms with Crippen molar-refractivity contribution in [2.24, 2.45) is 4.99 Å². The Morgan fingerprint density at radius 2 is 2.30 bits per heavy atom. The van der Waals surface area contributed by atoms with Crippen LogP contribution in [0, 0.1) is 0 Å². The standard InChI is InChI=1S/C5H11N3O2/c1-6-5(7-2)8-3-4(9)10/h3H2,1-2H3,(H,9,10)(H2,6,7,8). The van der Waals surface area contributed by atoms with Crippen LogP contribution in [0.4, 0.5) is 0 Å². The Morgan fingerprint density at radius 3 is 2.60 bits per heavy atom. The lowest BCUT2D eigenvalue weighted by molar-refractivity contribution is -0.135. The minimum absolute atomic E-state index is 0.118. The van der Waals surface area contributed by atoms with E-state index in [0.717, 1.165) is 0 Å². The van der Waals surface area contributed by atoms with Gasteiger partial charge in [-0.15, -0.1) is 0 Å². The lowest BCUT2D eigenvalue weighted by Crippen LogP contribution is -2.37. The van der Waals surface area contributed by atoms with Crippen LogP contribution in [-0.4, -0.2) is 37.7 Å². The fourth-order valence-electron chi connectivity index (χ4n) is 0.439. The Balaban J connectivity index is 3.56. The smallest absolute Gasteiger partial charge is 0.322 e. The molecule has 0 bridgehead atoms. The Labute approximate surface area is 59.1 Å². The summed E-state index contributed by atoms with van der Waals surface area (Å²) in [5, 5.41) is 13.4. The van der Waals surface area contributed by atoms with Gasteiger partial charge in [-0.3, -0.25) is 9.79 Å². The highest BCUT2D eigenvalue weighted by atomic mass is 16.4. The summed E-state index contributed by atoms with van der Waals surface area (Å²) < 4.78 is 0. The molecule has 0 radical (unpaired) electrons.